The molecule has 1 amide bonds. The fourth-order valence-electron chi connectivity index (χ4n) is 2.46. The first-order chi connectivity index (χ1) is 12.5. The summed E-state index contributed by atoms with van der Waals surface area (Å²) in [4.78, 5) is 18.0. The predicted octanol–water partition coefficient (Wildman–Crippen LogP) is 3.63. The van der Waals surface area contributed by atoms with E-state index >= 15 is 0 Å². The number of ether oxygens (including phenoxy) is 1. The topological polar surface area (TPSA) is 60.2 Å². The van der Waals surface area contributed by atoms with Crippen LogP contribution in [0.15, 0.2) is 65.7 Å². The average molecular weight is 415 g/mol. The van der Waals surface area contributed by atoms with Gasteiger partial charge in [0.25, 0.3) is 5.91 Å². The molecule has 3 aromatic rings. The van der Waals surface area contributed by atoms with E-state index in [1.165, 1.54) is 6.33 Å². The molecule has 6 nitrogen and oxygen atoms in total. The fraction of sp³-hybridized carbons (Fsp3) is 0.211. The van der Waals surface area contributed by atoms with Gasteiger partial charge in [0.2, 0.25) is 0 Å². The number of hydrogen-bond donors (Lipinski definition) is 0. The zero-order valence-electron chi connectivity index (χ0n) is 14.5. The van der Waals surface area contributed by atoms with Crippen LogP contribution in [0.4, 0.5) is 0 Å². The van der Waals surface area contributed by atoms with Crippen molar-refractivity contribution in [3.63, 3.8) is 0 Å². The van der Waals surface area contributed by atoms with Gasteiger partial charge in [0.15, 0.2) is 6.61 Å². The number of amides is 1. The van der Waals surface area contributed by atoms with Gasteiger partial charge >= 0.3 is 0 Å². The third kappa shape index (κ3) is 4.29. The van der Waals surface area contributed by atoms with Gasteiger partial charge in [-0.05, 0) is 48.9 Å². The summed E-state index contributed by atoms with van der Waals surface area (Å²) >= 11 is 3.37. The molecule has 7 heteroatoms. The van der Waals surface area contributed by atoms with Gasteiger partial charge in [-0.25, -0.2) is 9.67 Å². The Morgan fingerprint density at radius 3 is 2.50 bits per heavy atom. The first-order valence-electron chi connectivity index (χ1n) is 8.13. The standard InChI is InChI=1S/C19H19BrN4O2/c1-14(15-3-7-17(8-4-15)24-13-21-12-22-24)23(2)19(25)11-26-18-9-5-16(20)6-10-18/h3-10,12-14H,11H2,1-2H3. The van der Waals surface area contributed by atoms with Crippen molar-refractivity contribution in [3.05, 3.63) is 71.2 Å². The highest BCUT2D eigenvalue weighted by Crippen LogP contribution is 2.21. The maximum absolute atomic E-state index is 12.4. The van der Waals surface area contributed by atoms with Crippen LogP contribution in [-0.2, 0) is 4.79 Å². The van der Waals surface area contributed by atoms with Crippen molar-refractivity contribution in [1.29, 1.82) is 0 Å². The van der Waals surface area contributed by atoms with Gasteiger partial charge in [0, 0.05) is 11.5 Å². The molecule has 0 aliphatic rings. The number of halogens is 1. The molecule has 0 aliphatic carbocycles. The maximum atomic E-state index is 12.4. The summed E-state index contributed by atoms with van der Waals surface area (Å²) < 4.78 is 8.23. The molecule has 0 fully saturated rings. The number of carbonyl (C=O) groups excluding carboxylic acids is 1. The molecule has 3 rings (SSSR count). The summed E-state index contributed by atoms with van der Waals surface area (Å²) in [7, 11) is 1.78. The van der Waals surface area contributed by atoms with Crippen LogP contribution < -0.4 is 4.74 Å². The van der Waals surface area contributed by atoms with E-state index in [1.807, 2.05) is 55.5 Å². The Hall–Kier alpha value is -2.67. The van der Waals surface area contributed by atoms with E-state index in [2.05, 4.69) is 26.0 Å². The van der Waals surface area contributed by atoms with Gasteiger partial charge in [-0.15, -0.1) is 0 Å². The Morgan fingerprint density at radius 1 is 1.19 bits per heavy atom. The van der Waals surface area contributed by atoms with E-state index in [1.54, 1.807) is 23.0 Å². The molecule has 1 atom stereocenters. The lowest BCUT2D eigenvalue weighted by molar-refractivity contribution is -0.134. The van der Waals surface area contributed by atoms with E-state index in [9.17, 15) is 4.79 Å². The summed E-state index contributed by atoms with van der Waals surface area (Å²) in [6.07, 6.45) is 3.14. The van der Waals surface area contributed by atoms with Crippen molar-refractivity contribution in [3.8, 4) is 11.4 Å². The first kappa shape index (κ1) is 18.1. The van der Waals surface area contributed by atoms with Crippen molar-refractivity contribution in [2.24, 2.45) is 0 Å². The van der Waals surface area contributed by atoms with Gasteiger partial charge in [0.05, 0.1) is 11.7 Å². The molecule has 0 N–H and O–H groups in total. The van der Waals surface area contributed by atoms with Gasteiger partial charge in [0.1, 0.15) is 18.4 Å². The number of likely N-dealkylation sites (N-methyl/N-ethyl adjacent to an activating group) is 1. The van der Waals surface area contributed by atoms with Crippen molar-refractivity contribution in [2.45, 2.75) is 13.0 Å². The molecule has 0 bridgehead atoms. The lowest BCUT2D eigenvalue weighted by Crippen LogP contribution is -2.33. The number of carbonyl (C=O) groups is 1. The summed E-state index contributed by atoms with van der Waals surface area (Å²) in [5, 5.41) is 4.10. The van der Waals surface area contributed by atoms with Gasteiger partial charge < -0.3 is 9.64 Å². The maximum Gasteiger partial charge on any atom is 0.260 e. The van der Waals surface area contributed by atoms with E-state index in [4.69, 9.17) is 4.74 Å². The smallest absolute Gasteiger partial charge is 0.260 e. The van der Waals surface area contributed by atoms with Crippen LogP contribution in [0.5, 0.6) is 5.75 Å². The number of benzene rings is 2. The molecule has 134 valence electrons. The Labute approximate surface area is 160 Å². The lowest BCUT2D eigenvalue weighted by atomic mass is 10.1. The van der Waals surface area contributed by atoms with Crippen LogP contribution in [0.2, 0.25) is 0 Å². The van der Waals surface area contributed by atoms with Crippen LogP contribution in [0.3, 0.4) is 0 Å². The highest BCUT2D eigenvalue weighted by Gasteiger charge is 2.18. The second-order valence-corrected chi connectivity index (χ2v) is 6.77. The second kappa shape index (κ2) is 8.14. The minimum absolute atomic E-state index is 0.000484. The van der Waals surface area contributed by atoms with E-state index in [-0.39, 0.29) is 18.6 Å². The van der Waals surface area contributed by atoms with Crippen molar-refractivity contribution < 1.29 is 9.53 Å². The number of nitrogens with zero attached hydrogens (tertiary/aromatic N) is 4. The number of rotatable bonds is 6. The Morgan fingerprint density at radius 2 is 1.88 bits per heavy atom. The summed E-state index contributed by atoms with van der Waals surface area (Å²) in [6.45, 7) is 1.99. The molecule has 0 aliphatic heterocycles. The fourth-order valence-corrected chi connectivity index (χ4v) is 2.73. The van der Waals surface area contributed by atoms with Crippen LogP contribution in [0.1, 0.15) is 18.5 Å². The van der Waals surface area contributed by atoms with Crippen molar-refractivity contribution >= 4 is 21.8 Å². The van der Waals surface area contributed by atoms with Crippen molar-refractivity contribution in [1.82, 2.24) is 19.7 Å². The normalized spacial score (nSPS) is 11.8. The van der Waals surface area contributed by atoms with Crippen LogP contribution in [0.25, 0.3) is 5.69 Å². The van der Waals surface area contributed by atoms with E-state index in [0.717, 1.165) is 15.7 Å². The quantitative estimate of drug-likeness (QED) is 0.617. The zero-order valence-corrected chi connectivity index (χ0v) is 16.1. The Balaban J connectivity index is 1.60. The molecule has 1 unspecified atom stereocenters. The molecule has 0 radical (unpaired) electrons. The number of aromatic nitrogens is 3. The minimum atomic E-state index is -0.0826. The zero-order chi connectivity index (χ0) is 18.5. The molecule has 26 heavy (non-hydrogen) atoms. The molecular weight excluding hydrogens is 396 g/mol. The van der Waals surface area contributed by atoms with Crippen LogP contribution in [-0.4, -0.2) is 39.2 Å². The lowest BCUT2D eigenvalue weighted by Gasteiger charge is -2.25. The molecule has 1 heterocycles. The monoisotopic (exact) mass is 414 g/mol. The van der Waals surface area contributed by atoms with Gasteiger partial charge in [-0.3, -0.25) is 4.79 Å². The molecule has 2 aromatic carbocycles. The largest absolute Gasteiger partial charge is 0.484 e. The minimum Gasteiger partial charge on any atom is -0.484 e. The highest BCUT2D eigenvalue weighted by molar-refractivity contribution is 9.10. The van der Waals surface area contributed by atoms with Crippen LogP contribution >= 0.6 is 15.9 Å². The third-order valence-electron chi connectivity index (χ3n) is 4.21. The Kier molecular flexibility index (Phi) is 5.68. The molecule has 0 saturated carbocycles. The first-order valence-corrected chi connectivity index (χ1v) is 8.93. The van der Waals surface area contributed by atoms with Gasteiger partial charge in [-0.2, -0.15) is 5.10 Å². The molecule has 1 aromatic heterocycles. The molecular formula is C19H19BrN4O2. The SMILES string of the molecule is CC(c1ccc(-n2cncn2)cc1)N(C)C(=O)COc1ccc(Br)cc1. The van der Waals surface area contributed by atoms with E-state index in [0.29, 0.717) is 5.75 Å². The summed E-state index contributed by atoms with van der Waals surface area (Å²) in [5.41, 5.74) is 1.96. The molecule has 0 saturated heterocycles. The summed E-state index contributed by atoms with van der Waals surface area (Å²) in [6, 6.07) is 15.2. The van der Waals surface area contributed by atoms with E-state index < -0.39 is 0 Å². The molecule has 0 spiro atoms. The Bertz CT molecular complexity index is 848. The van der Waals surface area contributed by atoms with Crippen LogP contribution in [0, 0.1) is 0 Å². The predicted molar refractivity (Wildman–Crippen MR) is 102 cm³/mol. The average Bonchev–Trinajstić information content (AvgIpc) is 3.21. The highest BCUT2D eigenvalue weighted by atomic mass is 79.9. The number of hydrogen-bond acceptors (Lipinski definition) is 4. The second-order valence-electron chi connectivity index (χ2n) is 5.85. The third-order valence-corrected chi connectivity index (χ3v) is 4.74. The van der Waals surface area contributed by atoms with Crippen molar-refractivity contribution in [2.75, 3.05) is 13.7 Å². The summed E-state index contributed by atoms with van der Waals surface area (Å²) in [5.74, 6) is 0.584. The van der Waals surface area contributed by atoms with Gasteiger partial charge in [-0.1, -0.05) is 28.1 Å².